The van der Waals surface area contributed by atoms with Crippen molar-refractivity contribution in [1.29, 1.82) is 0 Å². The van der Waals surface area contributed by atoms with E-state index in [2.05, 4.69) is 15.6 Å². The average molecular weight is 544 g/mol. The molecule has 2 aliphatic rings. The van der Waals surface area contributed by atoms with E-state index in [-0.39, 0.29) is 42.7 Å². The molecule has 3 heterocycles. The van der Waals surface area contributed by atoms with E-state index in [9.17, 15) is 30.8 Å². The highest BCUT2D eigenvalue weighted by Crippen LogP contribution is 2.33. The third kappa shape index (κ3) is 5.98. The Hall–Kier alpha value is -2.93. The summed E-state index contributed by atoms with van der Waals surface area (Å²) in [5.74, 6) is -0.938. The van der Waals surface area contributed by atoms with E-state index in [1.165, 1.54) is 16.4 Å². The molecule has 2 aromatic rings. The number of halogens is 4. The SMILES string of the molecule is CCC1(CNc2nc(C(F)(F)F)ccc2S(=O)(=O)N2CCCN(c3ccc(F)cc3)CC2)CCC(=O)N1. The van der Waals surface area contributed by atoms with Gasteiger partial charge in [-0.15, -0.1) is 0 Å². The van der Waals surface area contributed by atoms with Crippen molar-refractivity contribution < 1.29 is 30.8 Å². The topological polar surface area (TPSA) is 94.6 Å². The fraction of sp³-hybridized carbons (Fsp3) is 0.500. The molecule has 0 radical (unpaired) electrons. The van der Waals surface area contributed by atoms with Crippen molar-refractivity contribution in [3.8, 4) is 0 Å². The van der Waals surface area contributed by atoms with Gasteiger partial charge in [-0.1, -0.05) is 6.92 Å². The minimum absolute atomic E-state index is 0.0322. The molecule has 2 N–H and O–H groups in total. The zero-order valence-electron chi connectivity index (χ0n) is 20.3. The molecule has 2 fully saturated rings. The highest BCUT2D eigenvalue weighted by molar-refractivity contribution is 7.89. The molecule has 202 valence electrons. The molecule has 1 aromatic carbocycles. The largest absolute Gasteiger partial charge is 0.433 e. The van der Waals surface area contributed by atoms with Crippen molar-refractivity contribution in [3.63, 3.8) is 0 Å². The Bertz CT molecular complexity index is 1240. The molecule has 0 saturated carbocycles. The highest BCUT2D eigenvalue weighted by Gasteiger charge is 2.39. The third-order valence-electron chi connectivity index (χ3n) is 6.92. The van der Waals surface area contributed by atoms with Crippen LogP contribution in [0.5, 0.6) is 0 Å². The number of rotatable bonds is 7. The predicted molar refractivity (Wildman–Crippen MR) is 130 cm³/mol. The number of hydrogen-bond acceptors (Lipinski definition) is 6. The van der Waals surface area contributed by atoms with Crippen molar-refractivity contribution in [3.05, 3.63) is 47.9 Å². The molecule has 13 heteroatoms. The van der Waals surface area contributed by atoms with Gasteiger partial charge in [0.2, 0.25) is 15.9 Å². The van der Waals surface area contributed by atoms with Crippen LogP contribution in [0.3, 0.4) is 0 Å². The molecule has 8 nitrogen and oxygen atoms in total. The molecular formula is C24H29F4N5O3S. The molecule has 2 saturated heterocycles. The Kier molecular flexibility index (Phi) is 7.65. The Morgan fingerprint density at radius 3 is 2.43 bits per heavy atom. The molecule has 1 atom stereocenters. The first kappa shape index (κ1) is 27.1. The van der Waals surface area contributed by atoms with E-state index >= 15 is 0 Å². The van der Waals surface area contributed by atoms with Crippen molar-refractivity contribution in [2.75, 3.05) is 42.9 Å². The van der Waals surface area contributed by atoms with Crippen LogP contribution in [-0.4, -0.2) is 61.9 Å². The van der Waals surface area contributed by atoms with Crippen LogP contribution in [0, 0.1) is 5.82 Å². The fourth-order valence-corrected chi connectivity index (χ4v) is 6.24. The van der Waals surface area contributed by atoms with Crippen LogP contribution < -0.4 is 15.5 Å². The number of carbonyl (C=O) groups is 1. The van der Waals surface area contributed by atoms with E-state index in [1.54, 1.807) is 12.1 Å². The predicted octanol–water partition coefficient (Wildman–Crippen LogP) is 3.61. The smallest absolute Gasteiger partial charge is 0.370 e. The number of amides is 1. The number of carbonyl (C=O) groups excluding carboxylic acids is 1. The molecule has 4 rings (SSSR count). The van der Waals surface area contributed by atoms with Gasteiger partial charge in [-0.2, -0.15) is 17.5 Å². The molecular weight excluding hydrogens is 514 g/mol. The highest BCUT2D eigenvalue weighted by atomic mass is 32.2. The molecule has 37 heavy (non-hydrogen) atoms. The summed E-state index contributed by atoms with van der Waals surface area (Å²) in [7, 11) is -4.21. The molecule has 2 aliphatic heterocycles. The minimum atomic E-state index is -4.76. The zero-order chi connectivity index (χ0) is 26.8. The summed E-state index contributed by atoms with van der Waals surface area (Å²) in [4.78, 5) is 17.0. The number of sulfonamides is 1. The van der Waals surface area contributed by atoms with Crippen molar-refractivity contribution >= 4 is 27.4 Å². The first-order chi connectivity index (χ1) is 17.4. The second-order valence-corrected chi connectivity index (χ2v) is 11.2. The number of benzene rings is 1. The molecule has 0 spiro atoms. The number of alkyl halides is 3. The molecule has 1 aromatic heterocycles. The maximum atomic E-state index is 13.6. The van der Waals surface area contributed by atoms with Gasteiger partial charge in [-0.3, -0.25) is 4.79 Å². The Labute approximate surface area is 213 Å². The first-order valence-electron chi connectivity index (χ1n) is 12.1. The quantitative estimate of drug-likeness (QED) is 0.519. The fourth-order valence-electron chi connectivity index (χ4n) is 4.67. The zero-order valence-corrected chi connectivity index (χ0v) is 21.1. The maximum Gasteiger partial charge on any atom is 0.433 e. The van der Waals surface area contributed by atoms with Crippen LogP contribution in [-0.2, 0) is 21.0 Å². The Morgan fingerprint density at radius 1 is 1.08 bits per heavy atom. The second kappa shape index (κ2) is 10.4. The van der Waals surface area contributed by atoms with Crippen LogP contribution in [0.2, 0.25) is 0 Å². The van der Waals surface area contributed by atoms with Gasteiger partial charge in [0.05, 0.1) is 5.54 Å². The van der Waals surface area contributed by atoms with Gasteiger partial charge < -0.3 is 15.5 Å². The third-order valence-corrected chi connectivity index (χ3v) is 8.85. The van der Waals surface area contributed by atoms with E-state index in [4.69, 9.17) is 0 Å². The van der Waals surface area contributed by atoms with E-state index < -0.39 is 33.3 Å². The van der Waals surface area contributed by atoms with Crippen molar-refractivity contribution in [2.24, 2.45) is 0 Å². The van der Waals surface area contributed by atoms with E-state index in [1.807, 2.05) is 11.8 Å². The average Bonchev–Trinajstić information content (AvgIpc) is 3.06. The summed E-state index contributed by atoms with van der Waals surface area (Å²) in [6, 6.07) is 7.49. The lowest BCUT2D eigenvalue weighted by Gasteiger charge is -2.29. The lowest BCUT2D eigenvalue weighted by Crippen LogP contribution is -2.47. The normalized spacial score (nSPS) is 21.5. The van der Waals surface area contributed by atoms with Gasteiger partial charge in [0.1, 0.15) is 22.2 Å². The number of nitrogens with one attached hydrogen (secondary N) is 2. The summed E-state index contributed by atoms with van der Waals surface area (Å²) in [6.45, 7) is 2.99. The van der Waals surface area contributed by atoms with Crippen LogP contribution in [0.1, 0.15) is 38.3 Å². The lowest BCUT2D eigenvalue weighted by molar-refractivity contribution is -0.141. The summed E-state index contributed by atoms with van der Waals surface area (Å²) in [5.41, 5.74) is -1.16. The Balaban J connectivity index is 1.60. The summed E-state index contributed by atoms with van der Waals surface area (Å²) < 4.78 is 82.1. The molecule has 0 bridgehead atoms. The van der Waals surface area contributed by atoms with Crippen LogP contribution >= 0.6 is 0 Å². The first-order valence-corrected chi connectivity index (χ1v) is 13.5. The van der Waals surface area contributed by atoms with Gasteiger partial charge >= 0.3 is 6.18 Å². The number of nitrogens with zero attached hydrogens (tertiary/aromatic N) is 3. The lowest BCUT2D eigenvalue weighted by atomic mass is 9.94. The minimum Gasteiger partial charge on any atom is -0.370 e. The van der Waals surface area contributed by atoms with Gasteiger partial charge in [-0.05, 0) is 55.7 Å². The summed E-state index contributed by atoms with van der Waals surface area (Å²) in [5, 5.41) is 5.65. The van der Waals surface area contributed by atoms with Gasteiger partial charge in [0, 0.05) is 44.8 Å². The van der Waals surface area contributed by atoms with Gasteiger partial charge in [0.15, 0.2) is 0 Å². The standard InChI is InChI=1S/C24H29F4N5O3S/c1-2-23(11-10-21(34)31-23)16-29-22-19(8-9-20(30-22)24(26,27)28)37(35,36)33-13-3-12-32(14-15-33)18-6-4-17(25)5-7-18/h4-9H,2-3,10-16H2,1H3,(H,29,30)(H,31,34). The van der Waals surface area contributed by atoms with Gasteiger partial charge in [0.25, 0.3) is 0 Å². The number of pyridine rings is 1. The van der Waals surface area contributed by atoms with E-state index in [0.717, 1.165) is 11.8 Å². The number of anilines is 2. The second-order valence-electron chi connectivity index (χ2n) is 9.30. The van der Waals surface area contributed by atoms with E-state index in [0.29, 0.717) is 38.4 Å². The molecule has 1 amide bonds. The number of hydrogen-bond donors (Lipinski definition) is 2. The monoisotopic (exact) mass is 543 g/mol. The van der Waals surface area contributed by atoms with Crippen LogP contribution in [0.15, 0.2) is 41.3 Å². The van der Waals surface area contributed by atoms with Crippen LogP contribution in [0.4, 0.5) is 29.1 Å². The molecule has 0 aliphatic carbocycles. The summed E-state index contributed by atoms with van der Waals surface area (Å²) in [6.07, 6.45) is -3.02. The Morgan fingerprint density at radius 2 is 1.81 bits per heavy atom. The number of aromatic nitrogens is 1. The summed E-state index contributed by atoms with van der Waals surface area (Å²) >= 11 is 0. The maximum absolute atomic E-state index is 13.6. The van der Waals surface area contributed by atoms with Crippen molar-refractivity contribution in [1.82, 2.24) is 14.6 Å². The van der Waals surface area contributed by atoms with Crippen LogP contribution in [0.25, 0.3) is 0 Å². The molecule has 1 unspecified atom stereocenters. The van der Waals surface area contributed by atoms with Crippen molar-refractivity contribution in [2.45, 2.75) is 49.2 Å². The van der Waals surface area contributed by atoms with Gasteiger partial charge in [-0.25, -0.2) is 17.8 Å².